The molecule has 0 aromatic heterocycles. The molecular weight excluding hydrogens is 258 g/mol. The number of hydrogen-bond acceptors (Lipinski definition) is 2. The van der Waals surface area contributed by atoms with Gasteiger partial charge in [-0.05, 0) is 40.9 Å². The van der Waals surface area contributed by atoms with Gasteiger partial charge in [0.05, 0.1) is 5.69 Å². The largest absolute Gasteiger partial charge is 0.368 e. The van der Waals surface area contributed by atoms with Crippen molar-refractivity contribution in [3.05, 3.63) is 28.7 Å². The quantitative estimate of drug-likeness (QED) is 0.896. The van der Waals surface area contributed by atoms with Crippen LogP contribution in [0.1, 0.15) is 12.8 Å². The van der Waals surface area contributed by atoms with Crippen molar-refractivity contribution in [2.45, 2.75) is 18.9 Å². The summed E-state index contributed by atoms with van der Waals surface area (Å²) in [6.07, 6.45) is 1.50. The summed E-state index contributed by atoms with van der Waals surface area (Å²) < 4.78 is 6.18. The first-order valence-corrected chi connectivity index (χ1v) is 5.73. The standard InChI is InChI=1S/C11H12BrNO2/c12-8-4-1-2-5-9(8)13-11(14)10-6-3-7-15-10/h1-2,4-5,10H,3,6-7H2,(H,13,14). The van der Waals surface area contributed by atoms with Gasteiger partial charge in [-0.15, -0.1) is 0 Å². The highest BCUT2D eigenvalue weighted by Gasteiger charge is 2.23. The van der Waals surface area contributed by atoms with Crippen LogP contribution in [0.5, 0.6) is 0 Å². The second-order valence-corrected chi connectivity index (χ2v) is 4.33. The number of halogens is 1. The van der Waals surface area contributed by atoms with E-state index in [1.807, 2.05) is 24.3 Å². The molecule has 1 amide bonds. The van der Waals surface area contributed by atoms with Gasteiger partial charge in [0, 0.05) is 11.1 Å². The minimum atomic E-state index is -0.280. The fourth-order valence-corrected chi connectivity index (χ4v) is 1.94. The minimum Gasteiger partial charge on any atom is -0.368 e. The van der Waals surface area contributed by atoms with E-state index in [9.17, 15) is 4.79 Å². The predicted molar refractivity (Wildman–Crippen MR) is 61.7 cm³/mol. The Balaban J connectivity index is 2.02. The van der Waals surface area contributed by atoms with Crippen LogP contribution in [0.25, 0.3) is 0 Å². The van der Waals surface area contributed by atoms with E-state index in [-0.39, 0.29) is 12.0 Å². The molecule has 1 aromatic carbocycles. The first-order valence-electron chi connectivity index (χ1n) is 4.94. The van der Waals surface area contributed by atoms with Gasteiger partial charge in [-0.3, -0.25) is 4.79 Å². The maximum absolute atomic E-state index is 11.7. The number of hydrogen-bond donors (Lipinski definition) is 1. The maximum Gasteiger partial charge on any atom is 0.253 e. The Hall–Kier alpha value is -0.870. The normalized spacial score (nSPS) is 20.2. The van der Waals surface area contributed by atoms with Crippen LogP contribution in [0.4, 0.5) is 5.69 Å². The SMILES string of the molecule is O=C(Nc1ccccc1Br)C1CCCO1. The lowest BCUT2D eigenvalue weighted by atomic mass is 10.2. The third-order valence-corrected chi connectivity index (χ3v) is 3.05. The molecule has 3 nitrogen and oxygen atoms in total. The van der Waals surface area contributed by atoms with E-state index >= 15 is 0 Å². The lowest BCUT2D eigenvalue weighted by Crippen LogP contribution is -2.26. The van der Waals surface area contributed by atoms with Crippen LogP contribution in [0, 0.1) is 0 Å². The van der Waals surface area contributed by atoms with Gasteiger partial charge in [0.2, 0.25) is 0 Å². The van der Waals surface area contributed by atoms with Crippen LogP contribution in [0.3, 0.4) is 0 Å². The predicted octanol–water partition coefficient (Wildman–Crippen LogP) is 2.57. The van der Waals surface area contributed by atoms with Crippen LogP contribution < -0.4 is 5.32 Å². The zero-order valence-corrected chi connectivity index (χ0v) is 9.79. The highest BCUT2D eigenvalue weighted by molar-refractivity contribution is 9.10. The van der Waals surface area contributed by atoms with E-state index in [1.165, 1.54) is 0 Å². The van der Waals surface area contributed by atoms with Gasteiger partial charge in [0.1, 0.15) is 6.10 Å². The van der Waals surface area contributed by atoms with Crippen LogP contribution in [-0.4, -0.2) is 18.6 Å². The number of rotatable bonds is 2. The maximum atomic E-state index is 11.7. The first kappa shape index (κ1) is 10.6. The van der Waals surface area contributed by atoms with Crippen LogP contribution >= 0.6 is 15.9 Å². The number of para-hydroxylation sites is 1. The van der Waals surface area contributed by atoms with Gasteiger partial charge < -0.3 is 10.1 Å². The highest BCUT2D eigenvalue weighted by Crippen LogP contribution is 2.22. The molecule has 0 bridgehead atoms. The molecule has 15 heavy (non-hydrogen) atoms. The zero-order chi connectivity index (χ0) is 10.7. The van der Waals surface area contributed by atoms with E-state index in [2.05, 4.69) is 21.2 Å². The molecule has 1 aliphatic heterocycles. The van der Waals surface area contributed by atoms with Crippen LogP contribution in [0.2, 0.25) is 0 Å². The van der Waals surface area contributed by atoms with Crippen molar-refractivity contribution in [1.29, 1.82) is 0 Å². The molecule has 80 valence electrons. The first-order chi connectivity index (χ1) is 7.27. The monoisotopic (exact) mass is 269 g/mol. The molecule has 1 unspecified atom stereocenters. The number of nitrogens with one attached hydrogen (secondary N) is 1. The molecule has 0 saturated carbocycles. The van der Waals surface area contributed by atoms with Gasteiger partial charge in [-0.25, -0.2) is 0 Å². The second kappa shape index (κ2) is 4.77. The van der Waals surface area contributed by atoms with Gasteiger partial charge >= 0.3 is 0 Å². The van der Waals surface area contributed by atoms with E-state index in [1.54, 1.807) is 0 Å². The van der Waals surface area contributed by atoms with Gasteiger partial charge in [0.25, 0.3) is 5.91 Å². The number of ether oxygens (including phenoxy) is 1. The Bertz CT molecular complexity index is 361. The summed E-state index contributed by atoms with van der Waals surface area (Å²) in [4.78, 5) is 11.7. The van der Waals surface area contributed by atoms with Crippen molar-refractivity contribution in [2.24, 2.45) is 0 Å². The zero-order valence-electron chi connectivity index (χ0n) is 8.20. The van der Waals surface area contributed by atoms with Crippen LogP contribution in [-0.2, 0) is 9.53 Å². The fraction of sp³-hybridized carbons (Fsp3) is 0.364. The number of anilines is 1. The molecule has 0 aliphatic carbocycles. The Kier molecular flexibility index (Phi) is 3.38. The topological polar surface area (TPSA) is 38.3 Å². The number of amides is 1. The minimum absolute atomic E-state index is 0.0561. The number of carbonyl (C=O) groups excluding carboxylic acids is 1. The average molecular weight is 270 g/mol. The second-order valence-electron chi connectivity index (χ2n) is 3.47. The lowest BCUT2D eigenvalue weighted by molar-refractivity contribution is -0.124. The van der Waals surface area contributed by atoms with E-state index in [4.69, 9.17) is 4.74 Å². The third kappa shape index (κ3) is 2.58. The molecule has 2 rings (SSSR count). The van der Waals surface area contributed by atoms with Crippen molar-refractivity contribution in [3.8, 4) is 0 Å². The molecule has 1 heterocycles. The van der Waals surface area contributed by atoms with Crippen molar-refractivity contribution >= 4 is 27.5 Å². The molecule has 1 N–H and O–H groups in total. The third-order valence-electron chi connectivity index (χ3n) is 2.35. The number of benzene rings is 1. The van der Waals surface area contributed by atoms with Gasteiger partial charge in [0.15, 0.2) is 0 Å². The summed E-state index contributed by atoms with van der Waals surface area (Å²) in [6, 6.07) is 7.55. The van der Waals surface area contributed by atoms with Crippen LogP contribution in [0.15, 0.2) is 28.7 Å². The summed E-state index contributed by atoms with van der Waals surface area (Å²) in [7, 11) is 0. The van der Waals surface area contributed by atoms with Crippen molar-refractivity contribution in [2.75, 3.05) is 11.9 Å². The highest BCUT2D eigenvalue weighted by atomic mass is 79.9. The summed E-state index contributed by atoms with van der Waals surface area (Å²) in [5, 5.41) is 2.84. The average Bonchev–Trinajstić information content (AvgIpc) is 2.74. The Morgan fingerprint density at radius 3 is 2.93 bits per heavy atom. The molecule has 1 aliphatic rings. The number of carbonyl (C=O) groups is 1. The van der Waals surface area contributed by atoms with Crippen molar-refractivity contribution in [3.63, 3.8) is 0 Å². The Morgan fingerprint density at radius 1 is 1.47 bits per heavy atom. The molecule has 1 saturated heterocycles. The Morgan fingerprint density at radius 2 is 2.27 bits per heavy atom. The van der Waals surface area contributed by atoms with E-state index < -0.39 is 0 Å². The van der Waals surface area contributed by atoms with E-state index in [0.29, 0.717) is 6.61 Å². The molecule has 1 aromatic rings. The van der Waals surface area contributed by atoms with Gasteiger partial charge in [-0.2, -0.15) is 0 Å². The Labute approximate surface area is 96.9 Å². The van der Waals surface area contributed by atoms with Crippen molar-refractivity contribution < 1.29 is 9.53 Å². The van der Waals surface area contributed by atoms with Crippen molar-refractivity contribution in [1.82, 2.24) is 0 Å². The molecular formula is C11H12BrNO2. The molecule has 1 atom stereocenters. The summed E-state index contributed by atoms with van der Waals surface area (Å²) >= 11 is 3.38. The summed E-state index contributed by atoms with van der Waals surface area (Å²) in [6.45, 7) is 0.689. The molecule has 0 radical (unpaired) electrons. The lowest BCUT2D eigenvalue weighted by Gasteiger charge is -2.11. The smallest absolute Gasteiger partial charge is 0.253 e. The fourth-order valence-electron chi connectivity index (χ4n) is 1.56. The molecule has 4 heteroatoms. The molecule has 0 spiro atoms. The van der Waals surface area contributed by atoms with E-state index in [0.717, 1.165) is 23.0 Å². The summed E-state index contributed by atoms with van der Waals surface area (Å²) in [5.41, 5.74) is 0.790. The molecule has 1 fully saturated rings. The van der Waals surface area contributed by atoms with Gasteiger partial charge in [-0.1, -0.05) is 12.1 Å². The summed E-state index contributed by atoms with van der Waals surface area (Å²) in [5.74, 6) is -0.0561.